The van der Waals surface area contributed by atoms with Gasteiger partial charge in [-0.3, -0.25) is 0 Å². The summed E-state index contributed by atoms with van der Waals surface area (Å²) >= 11 is 0. The normalized spacial score (nSPS) is 19.6. The molecule has 1 atom stereocenters. The summed E-state index contributed by atoms with van der Waals surface area (Å²) < 4.78 is 17.6. The Bertz CT molecular complexity index is 661. The number of benzene rings is 1. The summed E-state index contributed by atoms with van der Waals surface area (Å²) in [6.45, 7) is 18.6. The largest absolute Gasteiger partial charge is 0.494 e. The predicted molar refractivity (Wildman–Crippen MR) is 114 cm³/mol. The van der Waals surface area contributed by atoms with Gasteiger partial charge in [0.25, 0.3) is 0 Å². The fourth-order valence-corrected chi connectivity index (χ4v) is 3.13. The third-order valence-corrected chi connectivity index (χ3v) is 5.56. The minimum absolute atomic E-state index is 0.194. The lowest BCUT2D eigenvalue weighted by Gasteiger charge is -2.32. The maximum Gasteiger partial charge on any atom is 0.494 e. The number of hydrogen-bond donors (Lipinski definition) is 1. The summed E-state index contributed by atoms with van der Waals surface area (Å²) in [5, 5.41) is 2.90. The first-order valence-electron chi connectivity index (χ1n) is 10.1. The lowest BCUT2D eigenvalue weighted by Crippen LogP contribution is -2.41. The van der Waals surface area contributed by atoms with Gasteiger partial charge < -0.3 is 19.4 Å². The number of carbonyl (C=O) groups is 1. The Labute approximate surface area is 170 Å². The standard InChI is InChI=1S/C22H36BNO4/c1-15(2)18(14-24-19(25)26-20(3,4)5)16-10-12-17(13-11-16)23-27-21(6,7)22(8,9)28-23/h10-13,15,18H,14H2,1-9H3,(H,24,25). The van der Waals surface area contributed by atoms with E-state index >= 15 is 0 Å². The summed E-state index contributed by atoms with van der Waals surface area (Å²) in [4.78, 5) is 12.0. The zero-order chi connectivity index (χ0) is 21.3. The predicted octanol–water partition coefficient (Wildman–Crippen LogP) is 4.25. The Morgan fingerprint density at radius 2 is 1.57 bits per heavy atom. The van der Waals surface area contributed by atoms with Crippen LogP contribution in [0.3, 0.4) is 0 Å². The van der Waals surface area contributed by atoms with Gasteiger partial charge in [-0.15, -0.1) is 0 Å². The van der Waals surface area contributed by atoms with Gasteiger partial charge in [-0.25, -0.2) is 4.79 Å². The maximum atomic E-state index is 12.0. The number of nitrogens with one attached hydrogen (secondary N) is 1. The van der Waals surface area contributed by atoms with Gasteiger partial charge in [-0.2, -0.15) is 0 Å². The van der Waals surface area contributed by atoms with E-state index in [2.05, 4.69) is 71.1 Å². The first kappa shape index (κ1) is 22.8. The Hall–Kier alpha value is -1.53. The molecule has 1 saturated heterocycles. The molecule has 0 aliphatic carbocycles. The highest BCUT2D eigenvalue weighted by atomic mass is 16.7. The van der Waals surface area contributed by atoms with Crippen molar-refractivity contribution in [3.63, 3.8) is 0 Å². The van der Waals surface area contributed by atoms with E-state index in [1.807, 2.05) is 20.8 Å². The van der Waals surface area contributed by atoms with Crippen LogP contribution in [0, 0.1) is 5.92 Å². The smallest absolute Gasteiger partial charge is 0.444 e. The molecule has 6 heteroatoms. The molecule has 1 unspecified atom stereocenters. The molecule has 1 heterocycles. The molecule has 0 aromatic heterocycles. The lowest BCUT2D eigenvalue weighted by atomic mass is 9.77. The van der Waals surface area contributed by atoms with E-state index in [1.54, 1.807) is 0 Å². The second-order valence-electron chi connectivity index (χ2n) is 9.99. The van der Waals surface area contributed by atoms with E-state index < -0.39 is 5.60 Å². The van der Waals surface area contributed by atoms with Crippen LogP contribution >= 0.6 is 0 Å². The van der Waals surface area contributed by atoms with E-state index in [1.165, 1.54) is 5.56 Å². The van der Waals surface area contributed by atoms with Crippen molar-refractivity contribution in [1.82, 2.24) is 5.32 Å². The van der Waals surface area contributed by atoms with Crippen LogP contribution in [-0.2, 0) is 14.0 Å². The van der Waals surface area contributed by atoms with Gasteiger partial charge in [0.2, 0.25) is 0 Å². The van der Waals surface area contributed by atoms with Gasteiger partial charge in [-0.1, -0.05) is 38.1 Å². The van der Waals surface area contributed by atoms with Gasteiger partial charge in [0.05, 0.1) is 11.2 Å². The fraction of sp³-hybridized carbons (Fsp3) is 0.682. The molecule has 1 aromatic carbocycles. The van der Waals surface area contributed by atoms with Gasteiger partial charge >= 0.3 is 13.2 Å². The lowest BCUT2D eigenvalue weighted by molar-refractivity contribution is 0.00578. The van der Waals surface area contributed by atoms with Crippen LogP contribution in [0.5, 0.6) is 0 Å². The zero-order valence-corrected chi connectivity index (χ0v) is 18.9. The Balaban J connectivity index is 2.06. The van der Waals surface area contributed by atoms with Crippen LogP contribution in [0.25, 0.3) is 0 Å². The number of ether oxygens (including phenoxy) is 1. The third kappa shape index (κ3) is 5.51. The second kappa shape index (κ2) is 8.07. The summed E-state index contributed by atoms with van der Waals surface area (Å²) in [6.07, 6.45) is -0.382. The van der Waals surface area contributed by atoms with Gasteiger partial charge in [-0.05, 0) is 65.4 Å². The highest BCUT2D eigenvalue weighted by Crippen LogP contribution is 2.36. The second-order valence-corrected chi connectivity index (χ2v) is 9.99. The summed E-state index contributed by atoms with van der Waals surface area (Å²) in [7, 11) is -0.364. The van der Waals surface area contributed by atoms with E-state index in [0.29, 0.717) is 12.5 Å². The Kier molecular flexibility index (Phi) is 6.56. The van der Waals surface area contributed by atoms with Crippen LogP contribution < -0.4 is 10.8 Å². The first-order valence-corrected chi connectivity index (χ1v) is 10.1. The molecular weight excluding hydrogens is 353 g/mol. The molecule has 1 fully saturated rings. The highest BCUT2D eigenvalue weighted by Gasteiger charge is 2.51. The maximum absolute atomic E-state index is 12.0. The van der Waals surface area contributed by atoms with Crippen LogP contribution in [0.1, 0.15) is 73.8 Å². The third-order valence-electron chi connectivity index (χ3n) is 5.56. The Morgan fingerprint density at radius 1 is 1.07 bits per heavy atom. The summed E-state index contributed by atoms with van der Waals surface area (Å²) in [5.41, 5.74) is 0.973. The molecule has 156 valence electrons. The minimum Gasteiger partial charge on any atom is -0.444 e. The van der Waals surface area contributed by atoms with E-state index in [4.69, 9.17) is 14.0 Å². The number of hydrogen-bond acceptors (Lipinski definition) is 4. The number of rotatable bonds is 5. The molecule has 28 heavy (non-hydrogen) atoms. The number of alkyl carbamates (subject to hydrolysis) is 1. The number of carbonyl (C=O) groups excluding carboxylic acids is 1. The van der Waals surface area contributed by atoms with Crippen molar-refractivity contribution < 1.29 is 18.8 Å². The van der Waals surface area contributed by atoms with Gasteiger partial charge in [0.15, 0.2) is 0 Å². The van der Waals surface area contributed by atoms with Crippen molar-refractivity contribution in [3.05, 3.63) is 29.8 Å². The van der Waals surface area contributed by atoms with Crippen molar-refractivity contribution in [1.29, 1.82) is 0 Å². The quantitative estimate of drug-likeness (QED) is 0.765. The molecule has 0 radical (unpaired) electrons. The van der Waals surface area contributed by atoms with Crippen molar-refractivity contribution in [2.75, 3.05) is 6.54 Å². The average Bonchev–Trinajstić information content (AvgIpc) is 2.74. The fourth-order valence-electron chi connectivity index (χ4n) is 3.13. The van der Waals surface area contributed by atoms with Gasteiger partial charge in [0, 0.05) is 12.5 Å². The van der Waals surface area contributed by atoms with E-state index in [0.717, 1.165) is 5.46 Å². The molecule has 2 rings (SSSR count). The van der Waals surface area contributed by atoms with Gasteiger partial charge in [0.1, 0.15) is 5.60 Å². The molecule has 0 spiro atoms. The van der Waals surface area contributed by atoms with Crippen LogP contribution in [-0.4, -0.2) is 36.6 Å². The monoisotopic (exact) mass is 389 g/mol. The molecule has 1 N–H and O–H groups in total. The molecule has 1 aliphatic rings. The van der Waals surface area contributed by atoms with Crippen molar-refractivity contribution in [2.45, 2.75) is 85.0 Å². The molecule has 1 aliphatic heterocycles. The first-order chi connectivity index (χ1) is 12.7. The van der Waals surface area contributed by atoms with E-state index in [-0.39, 0.29) is 30.3 Å². The summed E-state index contributed by atoms with van der Waals surface area (Å²) in [5.74, 6) is 0.567. The summed E-state index contributed by atoms with van der Waals surface area (Å²) in [6, 6.07) is 8.31. The molecule has 1 amide bonds. The van der Waals surface area contributed by atoms with Crippen LogP contribution in [0.15, 0.2) is 24.3 Å². The van der Waals surface area contributed by atoms with E-state index in [9.17, 15) is 4.79 Å². The van der Waals surface area contributed by atoms with Crippen molar-refractivity contribution in [2.24, 2.45) is 5.92 Å². The SMILES string of the molecule is CC(C)C(CNC(=O)OC(C)(C)C)c1ccc(B2OC(C)(C)C(C)(C)O2)cc1. The molecule has 1 aromatic rings. The van der Waals surface area contributed by atoms with Crippen molar-refractivity contribution >= 4 is 18.7 Å². The molecule has 5 nitrogen and oxygen atoms in total. The molecular formula is C22H36BNO4. The highest BCUT2D eigenvalue weighted by molar-refractivity contribution is 6.62. The average molecular weight is 389 g/mol. The number of amides is 1. The zero-order valence-electron chi connectivity index (χ0n) is 18.9. The van der Waals surface area contributed by atoms with Crippen LogP contribution in [0.2, 0.25) is 0 Å². The van der Waals surface area contributed by atoms with Crippen LogP contribution in [0.4, 0.5) is 4.79 Å². The molecule has 0 bridgehead atoms. The minimum atomic E-state index is -0.498. The topological polar surface area (TPSA) is 56.8 Å². The van der Waals surface area contributed by atoms with Crippen molar-refractivity contribution in [3.8, 4) is 0 Å². The Morgan fingerprint density at radius 3 is 2.00 bits per heavy atom. The molecule has 0 saturated carbocycles.